The fraction of sp³-hybridized carbons (Fsp3) is 0.250. The van der Waals surface area contributed by atoms with Gasteiger partial charge in [0.1, 0.15) is 11.7 Å². The van der Waals surface area contributed by atoms with Gasteiger partial charge in [0, 0.05) is 31.4 Å². The van der Waals surface area contributed by atoms with Crippen molar-refractivity contribution in [2.75, 3.05) is 7.05 Å². The van der Waals surface area contributed by atoms with Crippen molar-refractivity contribution in [3.63, 3.8) is 0 Å². The first kappa shape index (κ1) is 22.0. The number of aromatic nitrogens is 5. The predicted molar refractivity (Wildman–Crippen MR) is 125 cm³/mol. The highest BCUT2D eigenvalue weighted by atomic mass is 16.4. The summed E-state index contributed by atoms with van der Waals surface area (Å²) in [4.78, 5) is 21.2. The summed E-state index contributed by atoms with van der Waals surface area (Å²) in [6.07, 6.45) is 3.22. The lowest BCUT2D eigenvalue weighted by molar-refractivity contribution is 0.580. The van der Waals surface area contributed by atoms with Crippen LogP contribution >= 0.6 is 0 Å². The molecule has 0 aliphatic carbocycles. The van der Waals surface area contributed by atoms with Crippen molar-refractivity contribution in [1.29, 1.82) is 5.26 Å². The standard InChI is InChI=1S/C24H23N7O2.H2/c1-14-9-17(11-26-4)5-7-19(14)23-29-30-24(33-23)22-16(3)27-12-20(28-22)18-6-8-21(32)31(13-18)15(2)10-25;/h5-9,12-13,15,26H,11H2,1-4H3;1H. The fourth-order valence-corrected chi connectivity index (χ4v) is 3.52. The van der Waals surface area contributed by atoms with Crippen molar-refractivity contribution in [1.82, 2.24) is 30.0 Å². The van der Waals surface area contributed by atoms with Crippen molar-refractivity contribution >= 4 is 0 Å². The molecule has 9 nitrogen and oxygen atoms in total. The quantitative estimate of drug-likeness (QED) is 0.479. The van der Waals surface area contributed by atoms with E-state index < -0.39 is 6.04 Å². The van der Waals surface area contributed by atoms with Gasteiger partial charge in [0.15, 0.2) is 0 Å². The first-order valence-corrected chi connectivity index (χ1v) is 10.5. The Morgan fingerprint density at radius 3 is 2.73 bits per heavy atom. The van der Waals surface area contributed by atoms with E-state index in [-0.39, 0.29) is 12.9 Å². The summed E-state index contributed by atoms with van der Waals surface area (Å²) < 4.78 is 7.33. The molecule has 0 radical (unpaired) electrons. The zero-order valence-electron chi connectivity index (χ0n) is 18.8. The topological polar surface area (TPSA) is 123 Å². The number of nitrogens with one attached hydrogen (secondary N) is 1. The fourth-order valence-electron chi connectivity index (χ4n) is 3.52. The van der Waals surface area contributed by atoms with Crippen LogP contribution < -0.4 is 10.9 Å². The lowest BCUT2D eigenvalue weighted by Crippen LogP contribution is -2.21. The Balaban J connectivity index is 0.00000324. The lowest BCUT2D eigenvalue weighted by atomic mass is 10.1. The van der Waals surface area contributed by atoms with Crippen molar-refractivity contribution in [2.45, 2.75) is 33.4 Å². The SMILES string of the molecule is CNCc1ccc(-c2nnc(-c3nc(-c4ccc(=O)n(C(C)C#N)c4)cnc3C)o2)c(C)c1.[HH]. The molecule has 0 bridgehead atoms. The van der Waals surface area contributed by atoms with Gasteiger partial charge in [-0.3, -0.25) is 14.3 Å². The van der Waals surface area contributed by atoms with Crippen LogP contribution in [0.25, 0.3) is 34.3 Å². The molecule has 0 aliphatic rings. The highest BCUT2D eigenvalue weighted by Crippen LogP contribution is 2.28. The van der Waals surface area contributed by atoms with Gasteiger partial charge in [0.2, 0.25) is 5.89 Å². The Bertz CT molecular complexity index is 1420. The molecule has 0 amide bonds. The van der Waals surface area contributed by atoms with Crippen LogP contribution in [-0.4, -0.2) is 31.8 Å². The molecule has 4 rings (SSSR count). The van der Waals surface area contributed by atoms with Gasteiger partial charge in [0.05, 0.1) is 23.7 Å². The molecule has 33 heavy (non-hydrogen) atoms. The van der Waals surface area contributed by atoms with Crippen LogP contribution in [0.3, 0.4) is 0 Å². The number of aryl methyl sites for hydroxylation is 2. The van der Waals surface area contributed by atoms with Crippen molar-refractivity contribution in [2.24, 2.45) is 0 Å². The number of nitrogens with zero attached hydrogens (tertiary/aromatic N) is 6. The minimum absolute atomic E-state index is 0. The predicted octanol–water partition coefficient (Wildman–Crippen LogP) is 3.69. The highest BCUT2D eigenvalue weighted by Gasteiger charge is 2.18. The van der Waals surface area contributed by atoms with E-state index in [0.717, 1.165) is 17.7 Å². The zero-order chi connectivity index (χ0) is 23.5. The summed E-state index contributed by atoms with van der Waals surface area (Å²) in [5.74, 6) is 0.663. The number of pyridine rings is 1. The Hall–Kier alpha value is -4.16. The molecule has 0 saturated heterocycles. The van der Waals surface area contributed by atoms with Crippen LogP contribution in [0.15, 0.2) is 51.9 Å². The summed E-state index contributed by atoms with van der Waals surface area (Å²) in [6, 6.07) is 10.6. The van der Waals surface area contributed by atoms with Crippen molar-refractivity contribution in [3.05, 3.63) is 69.9 Å². The maximum absolute atomic E-state index is 12.1. The molecule has 0 saturated carbocycles. The maximum atomic E-state index is 12.1. The van der Waals surface area contributed by atoms with E-state index in [0.29, 0.717) is 28.5 Å². The molecule has 0 fully saturated rings. The van der Waals surface area contributed by atoms with Gasteiger partial charge in [0.25, 0.3) is 11.4 Å². The molecular weight excluding hydrogens is 418 g/mol. The van der Waals surface area contributed by atoms with Gasteiger partial charge in [-0.25, -0.2) is 4.98 Å². The number of rotatable bonds is 6. The molecule has 4 aromatic rings. The minimum atomic E-state index is -0.600. The summed E-state index contributed by atoms with van der Waals surface area (Å²) in [6.45, 7) is 6.25. The summed E-state index contributed by atoms with van der Waals surface area (Å²) in [5, 5.41) is 20.8. The monoisotopic (exact) mass is 443 g/mol. The van der Waals surface area contributed by atoms with Crippen LogP contribution in [0.2, 0.25) is 0 Å². The number of hydrogen-bond acceptors (Lipinski definition) is 8. The van der Waals surface area contributed by atoms with Gasteiger partial charge >= 0.3 is 0 Å². The summed E-state index contributed by atoms with van der Waals surface area (Å²) >= 11 is 0. The van der Waals surface area contributed by atoms with Crippen LogP contribution in [0.5, 0.6) is 0 Å². The molecule has 168 valence electrons. The van der Waals surface area contributed by atoms with E-state index >= 15 is 0 Å². The smallest absolute Gasteiger partial charge is 0.268 e. The van der Waals surface area contributed by atoms with Crippen LogP contribution in [-0.2, 0) is 6.54 Å². The normalized spacial score (nSPS) is 11.8. The Morgan fingerprint density at radius 2 is 2.00 bits per heavy atom. The number of benzene rings is 1. The number of hydrogen-bond donors (Lipinski definition) is 1. The van der Waals surface area contributed by atoms with Gasteiger partial charge in [-0.15, -0.1) is 10.2 Å². The van der Waals surface area contributed by atoms with Gasteiger partial charge in [-0.2, -0.15) is 5.26 Å². The van der Waals surface area contributed by atoms with Crippen molar-refractivity contribution < 1.29 is 5.84 Å². The van der Waals surface area contributed by atoms with E-state index in [1.54, 1.807) is 25.4 Å². The molecular formula is C24H25N7O2. The van der Waals surface area contributed by atoms with Crippen LogP contribution in [0.4, 0.5) is 0 Å². The number of nitriles is 1. The Morgan fingerprint density at radius 1 is 1.21 bits per heavy atom. The molecule has 0 spiro atoms. The van der Waals surface area contributed by atoms with Gasteiger partial charge < -0.3 is 9.73 Å². The molecule has 3 aromatic heterocycles. The van der Waals surface area contributed by atoms with E-state index in [4.69, 9.17) is 4.42 Å². The Kier molecular flexibility index (Phi) is 6.11. The van der Waals surface area contributed by atoms with E-state index in [9.17, 15) is 10.1 Å². The van der Waals surface area contributed by atoms with E-state index in [2.05, 4.69) is 37.6 Å². The molecule has 1 atom stereocenters. The molecule has 9 heteroatoms. The lowest BCUT2D eigenvalue weighted by Gasteiger charge is -2.10. The third-order valence-corrected chi connectivity index (χ3v) is 5.32. The summed E-state index contributed by atoms with van der Waals surface area (Å²) in [7, 11) is 1.91. The second-order valence-electron chi connectivity index (χ2n) is 7.75. The average Bonchev–Trinajstić information content (AvgIpc) is 3.29. The zero-order valence-corrected chi connectivity index (χ0v) is 18.8. The first-order valence-electron chi connectivity index (χ1n) is 10.5. The third-order valence-electron chi connectivity index (χ3n) is 5.32. The Labute approximate surface area is 192 Å². The van der Waals surface area contributed by atoms with E-state index in [1.165, 1.54) is 16.2 Å². The summed E-state index contributed by atoms with van der Waals surface area (Å²) in [5.41, 5.74) is 5.07. The van der Waals surface area contributed by atoms with Crippen LogP contribution in [0.1, 0.15) is 31.2 Å². The second-order valence-corrected chi connectivity index (χ2v) is 7.75. The average molecular weight is 444 g/mol. The van der Waals surface area contributed by atoms with Crippen LogP contribution in [0, 0.1) is 25.2 Å². The molecule has 1 aromatic carbocycles. The molecule has 1 N–H and O–H groups in total. The molecule has 3 heterocycles. The van der Waals surface area contributed by atoms with E-state index in [1.807, 2.05) is 33.0 Å². The maximum Gasteiger partial charge on any atom is 0.268 e. The van der Waals surface area contributed by atoms with Gasteiger partial charge in [-0.1, -0.05) is 12.1 Å². The first-order chi connectivity index (χ1) is 15.9. The third kappa shape index (κ3) is 4.42. The van der Waals surface area contributed by atoms with Crippen molar-refractivity contribution in [3.8, 4) is 40.4 Å². The minimum Gasteiger partial charge on any atom is -0.415 e. The molecule has 0 aliphatic heterocycles. The largest absolute Gasteiger partial charge is 0.415 e. The highest BCUT2D eigenvalue weighted by molar-refractivity contribution is 5.64. The van der Waals surface area contributed by atoms with Gasteiger partial charge in [-0.05, 0) is 51.1 Å². The molecule has 1 unspecified atom stereocenters. The second kappa shape index (κ2) is 9.14.